The monoisotopic (exact) mass is 1080 g/mol. The quantitative estimate of drug-likeness (QED) is 0.0140. The van der Waals surface area contributed by atoms with Gasteiger partial charge in [-0.3, -0.25) is 28.8 Å². The van der Waals surface area contributed by atoms with E-state index in [-0.39, 0.29) is 90.7 Å². The second kappa shape index (κ2) is 31.4. The van der Waals surface area contributed by atoms with Crippen LogP contribution in [0.3, 0.4) is 0 Å². The molecule has 1 fully saturated rings. The number of hydrogen-bond donors (Lipinski definition) is 2. The van der Waals surface area contributed by atoms with Gasteiger partial charge in [-0.25, -0.2) is 11.6 Å². The first-order valence-electron chi connectivity index (χ1n) is 23.0. The summed E-state index contributed by atoms with van der Waals surface area (Å²) in [6, 6.07) is 5.58. The lowest BCUT2D eigenvalue weighted by molar-refractivity contribution is -0.288. The summed E-state index contributed by atoms with van der Waals surface area (Å²) in [5.41, 5.74) is -4.00. The number of esters is 4. The molecule has 1 aromatic rings. The largest absolute Gasteiger partial charge is 0.468 e. The minimum atomic E-state index is -1.41. The van der Waals surface area contributed by atoms with Gasteiger partial charge in [0, 0.05) is 57.0 Å². The van der Waals surface area contributed by atoms with Crippen molar-refractivity contribution in [1.29, 1.82) is 0 Å². The summed E-state index contributed by atoms with van der Waals surface area (Å²) in [4.78, 5) is 85.9. The van der Waals surface area contributed by atoms with Crippen LogP contribution in [0.25, 0.3) is 4.85 Å². The number of ether oxygens (including phenoxy) is 8. The topological polar surface area (TPSA) is 226 Å². The normalized spacial score (nSPS) is 21.7. The number of amides is 1. The Morgan fingerprint density at radius 1 is 0.929 bits per heavy atom. The highest BCUT2D eigenvalue weighted by atomic mass is 33.1. The molecule has 0 bridgehead atoms. The molecule has 1 aromatic heterocycles. The Kier molecular flexibility index (Phi) is 28.2. The Morgan fingerprint density at radius 3 is 2.20 bits per heavy atom. The molecule has 0 aromatic carbocycles. The average molecular weight is 1080 g/mol. The Balaban J connectivity index is 2.33. The number of carbonyl (C=O) groups is 6. The van der Waals surface area contributed by atoms with E-state index in [0.717, 1.165) is 16.8 Å². The zero-order chi connectivity index (χ0) is 52.5. The Bertz CT molecular complexity index is 1900. The molecular formula is C47H71N3O15S5. The lowest BCUT2D eigenvalue weighted by Crippen LogP contribution is -2.56. The fourth-order valence-electron chi connectivity index (χ4n) is 7.59. The van der Waals surface area contributed by atoms with Gasteiger partial charge in [-0.1, -0.05) is 61.6 Å². The predicted octanol–water partition coefficient (Wildman–Crippen LogP) is 7.03. The molecule has 2 rings (SSSR count). The van der Waals surface area contributed by atoms with Crippen molar-refractivity contribution in [3.8, 4) is 0 Å². The molecule has 394 valence electrons. The number of carbonyl (C=O) groups excluding carboxylic acids is 6. The third-order valence-electron chi connectivity index (χ3n) is 11.4. The van der Waals surface area contributed by atoms with E-state index in [0.29, 0.717) is 15.0 Å². The third kappa shape index (κ3) is 21.9. The van der Waals surface area contributed by atoms with Crippen LogP contribution in [0, 0.1) is 23.3 Å². The number of hydrogen-bond acceptors (Lipinski definition) is 21. The van der Waals surface area contributed by atoms with Crippen molar-refractivity contribution >= 4 is 97.1 Å². The van der Waals surface area contributed by atoms with E-state index in [1.165, 1.54) is 54.1 Å². The minimum Gasteiger partial charge on any atom is -0.468 e. The fraction of sp³-hybridized carbons (Fsp3) is 0.723. The van der Waals surface area contributed by atoms with Gasteiger partial charge < -0.3 is 53.2 Å². The van der Waals surface area contributed by atoms with Gasteiger partial charge in [0.2, 0.25) is 11.4 Å². The van der Waals surface area contributed by atoms with Crippen LogP contribution in [0.4, 0.5) is 0 Å². The van der Waals surface area contributed by atoms with Crippen molar-refractivity contribution < 1.29 is 71.8 Å². The number of thioether (sulfide) groups is 2. The van der Waals surface area contributed by atoms with Gasteiger partial charge >= 0.3 is 23.9 Å². The number of aliphatic hydroxyl groups excluding tert-OH is 1. The summed E-state index contributed by atoms with van der Waals surface area (Å²) < 4.78 is 44.2. The van der Waals surface area contributed by atoms with Crippen molar-refractivity contribution in [1.82, 2.24) is 10.3 Å². The van der Waals surface area contributed by atoms with Crippen LogP contribution in [-0.4, -0.2) is 149 Å². The van der Waals surface area contributed by atoms with E-state index >= 15 is 0 Å². The van der Waals surface area contributed by atoms with Gasteiger partial charge in [-0.15, -0.1) is 11.8 Å². The fourth-order valence-corrected chi connectivity index (χ4v) is 12.5. The highest BCUT2D eigenvalue weighted by Gasteiger charge is 2.51. The van der Waals surface area contributed by atoms with Crippen molar-refractivity contribution in [2.24, 2.45) is 16.7 Å². The zero-order valence-electron chi connectivity index (χ0n) is 41.8. The predicted molar refractivity (Wildman–Crippen MR) is 274 cm³/mol. The number of rotatable bonds is 32. The number of aliphatic hydroxyl groups is 1. The number of thiocarbonyl (C=S) groups is 1. The molecule has 0 spiro atoms. The van der Waals surface area contributed by atoms with Crippen LogP contribution < -0.4 is 5.32 Å². The van der Waals surface area contributed by atoms with Crippen LogP contribution >= 0.6 is 57.3 Å². The number of nitrogens with one attached hydrogen (secondary N) is 1. The van der Waals surface area contributed by atoms with Crippen LogP contribution in [-0.2, 0) is 66.7 Å². The van der Waals surface area contributed by atoms with Crippen molar-refractivity contribution in [3.05, 3.63) is 35.8 Å². The smallest absolute Gasteiger partial charge is 0.322 e. The molecule has 1 saturated heterocycles. The molecule has 70 heavy (non-hydrogen) atoms. The Morgan fingerprint density at radius 2 is 1.59 bits per heavy atom. The van der Waals surface area contributed by atoms with Crippen LogP contribution in [0.2, 0.25) is 0 Å². The first-order valence-corrected chi connectivity index (χ1v) is 27.5. The number of pyridine rings is 1. The minimum absolute atomic E-state index is 0.000375. The average Bonchev–Trinajstić information content (AvgIpc) is 3.29. The van der Waals surface area contributed by atoms with Gasteiger partial charge in [0.25, 0.3) is 6.47 Å². The molecular weight excluding hydrogens is 1010 g/mol. The van der Waals surface area contributed by atoms with E-state index in [1.54, 1.807) is 40.8 Å². The van der Waals surface area contributed by atoms with E-state index in [2.05, 4.69) is 15.1 Å². The standard InChI is InChI=1S/C47H71N3O15S5/c1-12-67-43(66)69-47(10,42(57)62-25-26-68-70-36-15-13-14-19-49-36)29-44(7,40(55)50-27-31(2)52)16-17-45(8,28-46(9,48-11)18-20-59-30-51)41(56)61-24-22-58-21-23-60-39-38(65-35(6)54)37(64-34(5)53)32(3)33(4)63-39/h13-15,19,30-33,37-39,52H,12,16-18,20-29H2,1-10H3,(H,50,55)/t31?,32-,33+,37-,38+,39+,44?,45?,46?,47?/m0/s1. The Hall–Kier alpha value is -3.21. The molecule has 1 aliphatic rings. The second-order valence-corrected chi connectivity index (χ2v) is 24.3. The van der Waals surface area contributed by atoms with E-state index < -0.39 is 81.6 Å². The van der Waals surface area contributed by atoms with E-state index in [4.69, 9.17) is 56.7 Å². The summed E-state index contributed by atoms with van der Waals surface area (Å²) >= 11 is 8.20. The Labute approximate surface area is 434 Å². The maximum Gasteiger partial charge on any atom is 0.322 e. The summed E-state index contributed by atoms with van der Waals surface area (Å²) in [5.74, 6) is -2.10. The van der Waals surface area contributed by atoms with Gasteiger partial charge in [-0.2, -0.15) is 0 Å². The molecule has 2 N–H and O–H groups in total. The highest BCUT2D eigenvalue weighted by molar-refractivity contribution is 8.76. The summed E-state index contributed by atoms with van der Waals surface area (Å²) in [6.07, 6.45) is -2.52. The lowest BCUT2D eigenvalue weighted by atomic mass is 9.68. The third-order valence-corrected chi connectivity index (χ3v) is 16.3. The first kappa shape index (κ1) is 62.9. The van der Waals surface area contributed by atoms with Gasteiger partial charge in [0.1, 0.15) is 32.6 Å². The molecule has 1 amide bonds. The molecule has 0 aliphatic carbocycles. The summed E-state index contributed by atoms with van der Waals surface area (Å²) in [5, 5.41) is 13.8. The molecule has 1 aliphatic heterocycles. The van der Waals surface area contributed by atoms with Crippen LogP contribution in [0.1, 0.15) is 101 Å². The second-order valence-electron chi connectivity index (χ2n) is 17.9. The first-order chi connectivity index (χ1) is 33.0. The van der Waals surface area contributed by atoms with Gasteiger partial charge in [0.05, 0.1) is 50.5 Å². The lowest BCUT2D eigenvalue weighted by Gasteiger charge is -2.43. The van der Waals surface area contributed by atoms with Crippen LogP contribution in [0.5, 0.6) is 0 Å². The molecule has 18 nitrogen and oxygen atoms in total. The highest BCUT2D eigenvalue weighted by Crippen LogP contribution is 2.47. The summed E-state index contributed by atoms with van der Waals surface area (Å²) in [6.45, 7) is 24.2. The van der Waals surface area contributed by atoms with Crippen LogP contribution in [0.15, 0.2) is 29.4 Å². The van der Waals surface area contributed by atoms with Gasteiger partial charge in [-0.05, 0) is 75.6 Å². The van der Waals surface area contributed by atoms with E-state index in [9.17, 15) is 33.9 Å². The van der Waals surface area contributed by atoms with Crippen molar-refractivity contribution in [2.75, 3.05) is 57.7 Å². The SMILES string of the molecule is [C-]#[N+]C(C)(CCOC=O)CC(C)(CCC(C)(CC(C)(SC(=S)SCC)C(=O)OCCSSc1ccccn1)C(=O)NCC(C)O)C(=O)OCCOCCO[C@@H]1O[C@H](C)[C@H](C)[C@H](OC(C)=O)[C@H]1OC(C)=O. The molecule has 10 atom stereocenters. The van der Waals surface area contributed by atoms with Crippen molar-refractivity contribution in [2.45, 2.75) is 147 Å². The number of nitrogens with zero attached hydrogens (tertiary/aromatic N) is 2. The maximum absolute atomic E-state index is 14.3. The summed E-state index contributed by atoms with van der Waals surface area (Å²) in [7, 11) is 2.92. The molecule has 23 heteroatoms. The molecule has 2 heterocycles. The van der Waals surface area contributed by atoms with E-state index in [1.807, 2.05) is 32.0 Å². The molecule has 0 radical (unpaired) electrons. The zero-order valence-corrected chi connectivity index (χ0v) is 45.9. The number of aromatic nitrogens is 1. The maximum atomic E-state index is 14.3. The van der Waals surface area contributed by atoms with Crippen molar-refractivity contribution in [3.63, 3.8) is 0 Å². The molecule has 0 saturated carbocycles. The van der Waals surface area contributed by atoms with Gasteiger partial charge in [0.15, 0.2) is 12.4 Å². The molecule has 5 unspecified atom stereocenters.